The van der Waals surface area contributed by atoms with Gasteiger partial charge in [0.05, 0.1) is 5.92 Å². The normalized spacial score (nSPS) is 22.8. The summed E-state index contributed by atoms with van der Waals surface area (Å²) in [6, 6.07) is 8.21. The highest BCUT2D eigenvalue weighted by Crippen LogP contribution is 2.29. The maximum absolute atomic E-state index is 10.9. The number of anilines is 1. The minimum absolute atomic E-state index is 0.157. The van der Waals surface area contributed by atoms with E-state index >= 15 is 0 Å². The van der Waals surface area contributed by atoms with Gasteiger partial charge < -0.3 is 14.8 Å². The Labute approximate surface area is 117 Å². The third-order valence-electron chi connectivity index (χ3n) is 4.03. The Balaban J connectivity index is 1.54. The maximum atomic E-state index is 10.9. The van der Waals surface area contributed by atoms with Gasteiger partial charge in [-0.1, -0.05) is 12.1 Å². The van der Waals surface area contributed by atoms with Crippen LogP contribution in [0.2, 0.25) is 0 Å². The highest BCUT2D eigenvalue weighted by atomic mass is 16.4. The van der Waals surface area contributed by atoms with Crippen LogP contribution in [0.4, 0.5) is 6.01 Å². The van der Waals surface area contributed by atoms with Crippen molar-refractivity contribution in [3.05, 3.63) is 24.3 Å². The van der Waals surface area contributed by atoms with Gasteiger partial charge in [-0.05, 0) is 43.7 Å². The summed E-state index contributed by atoms with van der Waals surface area (Å²) in [7, 11) is 0. The average molecular weight is 274 g/mol. The zero-order valence-electron chi connectivity index (χ0n) is 11.2. The lowest BCUT2D eigenvalue weighted by Gasteiger charge is -2.25. The summed E-state index contributed by atoms with van der Waals surface area (Å²) in [5, 5.41) is 12.2. The van der Waals surface area contributed by atoms with Crippen molar-refractivity contribution in [2.45, 2.75) is 25.7 Å². The van der Waals surface area contributed by atoms with Crippen LogP contribution in [0.15, 0.2) is 28.7 Å². The van der Waals surface area contributed by atoms with Crippen LogP contribution in [0.1, 0.15) is 25.7 Å². The molecule has 1 saturated carbocycles. The van der Waals surface area contributed by atoms with E-state index in [0.29, 0.717) is 11.9 Å². The first-order valence-electron chi connectivity index (χ1n) is 7.04. The van der Waals surface area contributed by atoms with Crippen LogP contribution in [0.3, 0.4) is 0 Å². The highest BCUT2D eigenvalue weighted by molar-refractivity contribution is 5.74. The molecule has 0 bridgehead atoms. The molecule has 106 valence electrons. The summed E-state index contributed by atoms with van der Waals surface area (Å²) < 4.78 is 5.60. The highest BCUT2D eigenvalue weighted by Gasteiger charge is 2.25. The predicted molar refractivity (Wildman–Crippen MR) is 75.6 cm³/mol. The quantitative estimate of drug-likeness (QED) is 0.895. The molecule has 1 aromatic heterocycles. The summed E-state index contributed by atoms with van der Waals surface area (Å²) in [5.41, 5.74) is 1.63. The van der Waals surface area contributed by atoms with Gasteiger partial charge in [-0.2, -0.15) is 4.98 Å². The number of carboxylic acids is 1. The van der Waals surface area contributed by atoms with Crippen molar-refractivity contribution in [2.24, 2.45) is 11.8 Å². The number of para-hydroxylation sites is 2. The number of benzene rings is 1. The van der Waals surface area contributed by atoms with E-state index in [2.05, 4.69) is 10.3 Å². The van der Waals surface area contributed by atoms with Crippen molar-refractivity contribution in [1.29, 1.82) is 0 Å². The van der Waals surface area contributed by atoms with Gasteiger partial charge >= 0.3 is 5.97 Å². The molecule has 3 rings (SSSR count). The standard InChI is InChI=1S/C15H18N2O3/c18-14(19)11-7-5-10(6-8-11)9-16-15-17-12-3-1-2-4-13(12)20-15/h1-4,10-11H,5-9H2,(H,16,17)(H,18,19). The Morgan fingerprint density at radius 1 is 1.30 bits per heavy atom. The molecule has 0 spiro atoms. The molecule has 0 amide bonds. The molecule has 2 N–H and O–H groups in total. The second-order valence-electron chi connectivity index (χ2n) is 5.42. The van der Waals surface area contributed by atoms with Crippen molar-refractivity contribution in [3.63, 3.8) is 0 Å². The number of fused-ring (bicyclic) bond motifs is 1. The van der Waals surface area contributed by atoms with E-state index < -0.39 is 5.97 Å². The minimum atomic E-state index is -0.657. The van der Waals surface area contributed by atoms with Gasteiger partial charge in [0.2, 0.25) is 0 Å². The molecule has 2 aromatic rings. The Morgan fingerprint density at radius 2 is 2.05 bits per heavy atom. The average Bonchev–Trinajstić information content (AvgIpc) is 2.88. The second kappa shape index (κ2) is 5.53. The van der Waals surface area contributed by atoms with Gasteiger partial charge in [0.25, 0.3) is 6.01 Å². The maximum Gasteiger partial charge on any atom is 0.306 e. The van der Waals surface area contributed by atoms with E-state index in [-0.39, 0.29) is 5.92 Å². The molecule has 5 nitrogen and oxygen atoms in total. The van der Waals surface area contributed by atoms with Crippen molar-refractivity contribution in [1.82, 2.24) is 4.98 Å². The minimum Gasteiger partial charge on any atom is -0.481 e. The van der Waals surface area contributed by atoms with Crippen LogP contribution < -0.4 is 5.32 Å². The number of carboxylic acid groups (broad SMARTS) is 1. The van der Waals surface area contributed by atoms with E-state index in [1.54, 1.807) is 0 Å². The molecular weight excluding hydrogens is 256 g/mol. The largest absolute Gasteiger partial charge is 0.481 e. The molecule has 20 heavy (non-hydrogen) atoms. The molecule has 5 heteroatoms. The van der Waals surface area contributed by atoms with Crippen LogP contribution in [0.5, 0.6) is 0 Å². The van der Waals surface area contributed by atoms with Gasteiger partial charge in [-0.3, -0.25) is 4.79 Å². The number of rotatable bonds is 4. The van der Waals surface area contributed by atoms with Gasteiger partial charge in [0, 0.05) is 6.54 Å². The summed E-state index contributed by atoms with van der Waals surface area (Å²) >= 11 is 0. The Morgan fingerprint density at radius 3 is 2.75 bits per heavy atom. The number of oxazole rings is 1. The molecule has 0 atom stereocenters. The molecule has 1 aliphatic carbocycles. The number of nitrogens with zero attached hydrogens (tertiary/aromatic N) is 1. The zero-order valence-corrected chi connectivity index (χ0v) is 11.2. The fourth-order valence-electron chi connectivity index (χ4n) is 2.79. The summed E-state index contributed by atoms with van der Waals surface area (Å²) in [4.78, 5) is 15.3. The number of nitrogens with one attached hydrogen (secondary N) is 1. The van der Waals surface area contributed by atoms with Gasteiger partial charge in [-0.15, -0.1) is 0 Å². The predicted octanol–water partition coefficient (Wildman–Crippen LogP) is 3.13. The van der Waals surface area contributed by atoms with Gasteiger partial charge in [-0.25, -0.2) is 0 Å². The lowest BCUT2D eigenvalue weighted by atomic mass is 9.82. The monoisotopic (exact) mass is 274 g/mol. The van der Waals surface area contributed by atoms with Crippen molar-refractivity contribution in [2.75, 3.05) is 11.9 Å². The molecule has 1 aromatic carbocycles. The lowest BCUT2D eigenvalue weighted by molar-refractivity contribution is -0.143. The molecule has 0 unspecified atom stereocenters. The summed E-state index contributed by atoms with van der Waals surface area (Å²) in [5.74, 6) is -0.313. The fraction of sp³-hybridized carbons (Fsp3) is 0.467. The van der Waals surface area contributed by atoms with Gasteiger partial charge in [0.1, 0.15) is 5.52 Å². The second-order valence-corrected chi connectivity index (χ2v) is 5.42. The van der Waals surface area contributed by atoms with Crippen molar-refractivity contribution < 1.29 is 14.3 Å². The first-order valence-corrected chi connectivity index (χ1v) is 7.04. The number of aromatic nitrogens is 1. The molecule has 0 saturated heterocycles. The van der Waals surface area contributed by atoms with Crippen LogP contribution >= 0.6 is 0 Å². The topological polar surface area (TPSA) is 75.4 Å². The zero-order chi connectivity index (χ0) is 13.9. The van der Waals surface area contributed by atoms with E-state index in [1.165, 1.54) is 0 Å². The Kier molecular flexibility index (Phi) is 3.58. The lowest BCUT2D eigenvalue weighted by Crippen LogP contribution is -2.25. The molecule has 0 aliphatic heterocycles. The molecular formula is C15H18N2O3. The van der Waals surface area contributed by atoms with E-state index in [0.717, 1.165) is 43.3 Å². The smallest absolute Gasteiger partial charge is 0.306 e. The van der Waals surface area contributed by atoms with Gasteiger partial charge in [0.15, 0.2) is 5.58 Å². The molecule has 1 aliphatic rings. The van der Waals surface area contributed by atoms with Crippen LogP contribution in [0.25, 0.3) is 11.1 Å². The van der Waals surface area contributed by atoms with Crippen LogP contribution in [-0.2, 0) is 4.79 Å². The van der Waals surface area contributed by atoms with E-state index in [9.17, 15) is 4.79 Å². The first-order chi connectivity index (χ1) is 9.72. The molecule has 1 heterocycles. The third-order valence-corrected chi connectivity index (χ3v) is 4.03. The first kappa shape index (κ1) is 13.0. The number of carbonyl (C=O) groups is 1. The van der Waals surface area contributed by atoms with Crippen molar-refractivity contribution >= 4 is 23.1 Å². The van der Waals surface area contributed by atoms with Crippen molar-refractivity contribution in [3.8, 4) is 0 Å². The summed E-state index contributed by atoms with van der Waals surface area (Å²) in [6.07, 6.45) is 3.44. The third kappa shape index (κ3) is 2.76. The number of aliphatic carboxylic acids is 1. The number of hydrogen-bond acceptors (Lipinski definition) is 4. The van der Waals surface area contributed by atoms with Crippen LogP contribution in [-0.4, -0.2) is 22.6 Å². The van der Waals surface area contributed by atoms with Crippen LogP contribution in [0, 0.1) is 11.8 Å². The number of hydrogen-bond donors (Lipinski definition) is 2. The fourth-order valence-corrected chi connectivity index (χ4v) is 2.79. The molecule has 0 radical (unpaired) electrons. The SMILES string of the molecule is O=C(O)C1CCC(CNc2nc3ccccc3o2)CC1. The molecule has 1 fully saturated rings. The Bertz CT molecular complexity index is 567. The van der Waals surface area contributed by atoms with E-state index in [1.807, 2.05) is 24.3 Å². The summed E-state index contributed by atoms with van der Waals surface area (Å²) in [6.45, 7) is 0.791. The Hall–Kier alpha value is -2.04. The van der Waals surface area contributed by atoms with E-state index in [4.69, 9.17) is 9.52 Å².